The van der Waals surface area contributed by atoms with E-state index in [1.54, 1.807) is 0 Å². The van der Waals surface area contributed by atoms with Gasteiger partial charge in [0.1, 0.15) is 0 Å². The summed E-state index contributed by atoms with van der Waals surface area (Å²) in [6.45, 7) is -2.28. The number of amides is 2. The van der Waals surface area contributed by atoms with Crippen LogP contribution >= 0.6 is 11.8 Å². The van der Waals surface area contributed by atoms with Crippen LogP contribution < -0.4 is 15.2 Å². The second-order valence-corrected chi connectivity index (χ2v) is 5.47. The summed E-state index contributed by atoms with van der Waals surface area (Å²) < 4.78 is 33.9. The number of ether oxygens (including phenoxy) is 2. The van der Waals surface area contributed by atoms with Crippen LogP contribution in [0.5, 0.6) is 11.5 Å². The lowest BCUT2D eigenvalue weighted by Gasteiger charge is -2.10. The van der Waals surface area contributed by atoms with Crippen LogP contribution in [0.3, 0.4) is 0 Å². The zero-order valence-corrected chi connectivity index (χ0v) is 13.1. The first-order valence-electron chi connectivity index (χ1n) is 6.63. The molecule has 0 atom stereocenters. The minimum absolute atomic E-state index is 0.107. The Morgan fingerprint density at radius 2 is 2.09 bits per heavy atom. The third-order valence-corrected chi connectivity index (χ3v) is 3.86. The summed E-state index contributed by atoms with van der Waals surface area (Å²) >= 11 is 0.824. The van der Waals surface area contributed by atoms with E-state index in [9.17, 15) is 18.4 Å². The number of hydrogen-bond acceptors (Lipinski definition) is 5. The fourth-order valence-corrected chi connectivity index (χ4v) is 2.83. The number of methoxy groups -OCH3 is 1. The van der Waals surface area contributed by atoms with Crippen LogP contribution in [0, 0.1) is 0 Å². The molecule has 1 heterocycles. The van der Waals surface area contributed by atoms with Crippen molar-refractivity contribution in [1.29, 1.82) is 0 Å². The summed E-state index contributed by atoms with van der Waals surface area (Å²) in [5.74, 6) is -0.392. The highest BCUT2D eigenvalue weighted by atomic mass is 32.2. The van der Waals surface area contributed by atoms with Crippen LogP contribution in [-0.2, 0) is 4.79 Å². The molecule has 0 saturated carbocycles. The van der Waals surface area contributed by atoms with Gasteiger partial charge in [0.05, 0.1) is 25.1 Å². The summed E-state index contributed by atoms with van der Waals surface area (Å²) in [7, 11) is 1.32. The van der Waals surface area contributed by atoms with Gasteiger partial charge in [-0.2, -0.15) is 8.78 Å². The van der Waals surface area contributed by atoms with Gasteiger partial charge in [0.25, 0.3) is 11.1 Å². The van der Waals surface area contributed by atoms with Gasteiger partial charge >= 0.3 is 6.61 Å². The van der Waals surface area contributed by atoms with Gasteiger partial charge in [0, 0.05) is 0 Å². The van der Waals surface area contributed by atoms with Gasteiger partial charge in [-0.15, -0.1) is 0 Å². The number of nitrogens with zero attached hydrogens (tertiary/aromatic N) is 1. The quantitative estimate of drug-likeness (QED) is 0.792. The molecule has 23 heavy (non-hydrogen) atoms. The summed E-state index contributed by atoms with van der Waals surface area (Å²) in [5.41, 5.74) is 4.15. The maximum Gasteiger partial charge on any atom is 0.387 e. The van der Waals surface area contributed by atoms with Crippen molar-refractivity contribution in [2.45, 2.75) is 6.61 Å². The molecule has 0 aromatic heterocycles. The molecule has 9 heteroatoms. The first-order valence-corrected chi connectivity index (χ1v) is 7.45. The van der Waals surface area contributed by atoms with Gasteiger partial charge in [-0.25, -0.2) is 0 Å². The molecule has 6 nitrogen and oxygen atoms in total. The largest absolute Gasteiger partial charge is 0.493 e. The highest BCUT2D eigenvalue weighted by molar-refractivity contribution is 8.18. The Morgan fingerprint density at radius 3 is 2.70 bits per heavy atom. The second-order valence-electron chi connectivity index (χ2n) is 4.48. The summed E-state index contributed by atoms with van der Waals surface area (Å²) in [6.07, 6.45) is 1.50. The average molecular weight is 345 g/mol. The zero-order chi connectivity index (χ0) is 17.0. The summed E-state index contributed by atoms with van der Waals surface area (Å²) in [6, 6.07) is 4.26. The maximum absolute atomic E-state index is 12.3. The molecule has 0 unspecified atom stereocenters. The number of quaternary nitrogens is 1. The standard InChI is InChI=1S/C14H14F2N2O4S/c1-21-10-6-8(2-3-9(10)22-13(15)16)7-11-12(19)18(5-4-17)14(20)23-11/h2-3,6-7,13H,4-5,17H2,1H3/p+1/b11-7-. The summed E-state index contributed by atoms with van der Waals surface area (Å²) in [5, 5.41) is -0.352. The minimum Gasteiger partial charge on any atom is -0.493 e. The molecule has 0 spiro atoms. The van der Waals surface area contributed by atoms with Gasteiger partial charge in [-0.3, -0.25) is 14.5 Å². The van der Waals surface area contributed by atoms with Crippen LogP contribution in [0.2, 0.25) is 0 Å². The van der Waals surface area contributed by atoms with Crippen molar-refractivity contribution in [2.75, 3.05) is 20.2 Å². The third-order valence-electron chi connectivity index (χ3n) is 2.96. The van der Waals surface area contributed by atoms with Crippen molar-refractivity contribution >= 4 is 29.0 Å². The van der Waals surface area contributed by atoms with Gasteiger partial charge in [0.2, 0.25) is 0 Å². The minimum atomic E-state index is -2.96. The Morgan fingerprint density at radius 1 is 1.35 bits per heavy atom. The van der Waals surface area contributed by atoms with Crippen LogP contribution in [0.4, 0.5) is 13.6 Å². The van der Waals surface area contributed by atoms with Gasteiger partial charge in [-0.1, -0.05) is 6.07 Å². The lowest BCUT2D eigenvalue weighted by molar-refractivity contribution is -0.367. The van der Waals surface area contributed by atoms with Crippen LogP contribution in [-0.4, -0.2) is 42.9 Å². The van der Waals surface area contributed by atoms with E-state index in [1.165, 1.54) is 31.4 Å². The molecule has 124 valence electrons. The molecule has 1 aromatic rings. The zero-order valence-electron chi connectivity index (χ0n) is 12.3. The molecule has 3 N–H and O–H groups in total. The fourth-order valence-electron chi connectivity index (χ4n) is 1.97. The lowest BCUT2D eigenvalue weighted by Crippen LogP contribution is -2.55. The number of benzene rings is 1. The first-order chi connectivity index (χ1) is 11.0. The number of carbonyl (C=O) groups excluding carboxylic acids is 2. The number of halogens is 2. The first kappa shape index (κ1) is 17.2. The Kier molecular flexibility index (Phi) is 5.56. The van der Waals surface area contributed by atoms with Crippen LogP contribution in [0.1, 0.15) is 5.56 Å². The van der Waals surface area contributed by atoms with Crippen molar-refractivity contribution < 1.29 is 33.6 Å². The molecular formula is C14H15F2N2O4S+. The molecule has 2 amide bonds. The van der Waals surface area contributed by atoms with Crippen LogP contribution in [0.25, 0.3) is 6.08 Å². The average Bonchev–Trinajstić information content (AvgIpc) is 2.76. The predicted molar refractivity (Wildman–Crippen MR) is 80.1 cm³/mol. The van der Waals surface area contributed by atoms with Gasteiger partial charge in [-0.05, 0) is 35.5 Å². The Labute approximate surface area is 135 Å². The number of rotatable bonds is 6. The van der Waals surface area contributed by atoms with Crippen molar-refractivity contribution in [3.8, 4) is 11.5 Å². The monoisotopic (exact) mass is 345 g/mol. The number of carbonyl (C=O) groups is 2. The Hall–Kier alpha value is -2.13. The Bertz CT molecular complexity index is 652. The van der Waals surface area contributed by atoms with E-state index in [-0.39, 0.29) is 28.2 Å². The molecule has 1 saturated heterocycles. The predicted octanol–water partition coefficient (Wildman–Crippen LogP) is 1.57. The van der Waals surface area contributed by atoms with Gasteiger partial charge < -0.3 is 15.2 Å². The van der Waals surface area contributed by atoms with Crippen molar-refractivity contribution in [3.05, 3.63) is 28.7 Å². The molecule has 0 aliphatic carbocycles. The van der Waals surface area contributed by atoms with E-state index < -0.39 is 12.5 Å². The normalized spacial score (nSPS) is 16.6. The van der Waals surface area contributed by atoms with E-state index in [1.807, 2.05) is 0 Å². The number of imide groups is 1. The van der Waals surface area contributed by atoms with Crippen molar-refractivity contribution in [3.63, 3.8) is 0 Å². The number of alkyl halides is 2. The van der Waals surface area contributed by atoms with E-state index in [0.717, 1.165) is 16.7 Å². The molecule has 0 radical (unpaired) electrons. The third kappa shape index (κ3) is 3.99. The number of hydrogen-bond donors (Lipinski definition) is 1. The topological polar surface area (TPSA) is 83.5 Å². The summed E-state index contributed by atoms with van der Waals surface area (Å²) in [4.78, 5) is 25.2. The molecule has 0 bridgehead atoms. The maximum atomic E-state index is 12.3. The van der Waals surface area contributed by atoms with Crippen molar-refractivity contribution in [1.82, 2.24) is 4.90 Å². The highest BCUT2D eigenvalue weighted by Gasteiger charge is 2.34. The molecule has 1 fully saturated rings. The molecule has 1 aliphatic heterocycles. The SMILES string of the molecule is COc1cc(/C=C2\SC(=O)N(CC[NH3+])C2=O)ccc1OC(F)F. The Balaban J connectivity index is 2.26. The fraction of sp³-hybridized carbons (Fsp3) is 0.286. The molecule has 1 aromatic carbocycles. The van der Waals surface area contributed by atoms with E-state index >= 15 is 0 Å². The molecule has 2 rings (SSSR count). The second kappa shape index (κ2) is 7.42. The lowest BCUT2D eigenvalue weighted by atomic mass is 10.2. The van der Waals surface area contributed by atoms with Crippen molar-refractivity contribution in [2.24, 2.45) is 0 Å². The van der Waals surface area contributed by atoms with Crippen LogP contribution in [0.15, 0.2) is 23.1 Å². The van der Waals surface area contributed by atoms with E-state index in [2.05, 4.69) is 10.5 Å². The van der Waals surface area contributed by atoms with E-state index in [4.69, 9.17) is 4.74 Å². The highest BCUT2D eigenvalue weighted by Crippen LogP contribution is 2.34. The number of thioether (sulfide) groups is 1. The molecular weight excluding hydrogens is 330 g/mol. The van der Waals surface area contributed by atoms with Gasteiger partial charge in [0.15, 0.2) is 11.5 Å². The van der Waals surface area contributed by atoms with E-state index in [0.29, 0.717) is 12.1 Å². The smallest absolute Gasteiger partial charge is 0.387 e. The molecule has 1 aliphatic rings.